The molecule has 0 aliphatic rings. The lowest BCUT2D eigenvalue weighted by molar-refractivity contribution is -0.126. The topological polar surface area (TPSA) is 64.3 Å². The Kier molecular flexibility index (Phi) is 7.42. The van der Waals surface area contributed by atoms with Crippen molar-refractivity contribution >= 4 is 5.91 Å². The number of amides is 1. The summed E-state index contributed by atoms with van der Waals surface area (Å²) < 4.78 is 5.12. The van der Waals surface area contributed by atoms with Gasteiger partial charge < -0.3 is 15.8 Å². The van der Waals surface area contributed by atoms with Gasteiger partial charge in [0.1, 0.15) is 6.61 Å². The van der Waals surface area contributed by atoms with Crippen molar-refractivity contribution in [1.82, 2.24) is 5.32 Å². The summed E-state index contributed by atoms with van der Waals surface area (Å²) in [5, 5.41) is 2.85. The fourth-order valence-corrected chi connectivity index (χ4v) is 0.951. The molecule has 14 heavy (non-hydrogen) atoms. The predicted octanol–water partition coefficient (Wildman–Crippen LogP) is 0.513. The van der Waals surface area contributed by atoms with Crippen LogP contribution in [-0.2, 0) is 9.53 Å². The van der Waals surface area contributed by atoms with E-state index in [2.05, 4.69) is 5.32 Å². The molecule has 0 saturated heterocycles. The molecule has 0 bridgehead atoms. The van der Waals surface area contributed by atoms with Gasteiger partial charge in [-0.3, -0.25) is 4.79 Å². The van der Waals surface area contributed by atoms with Gasteiger partial charge in [-0.15, -0.1) is 0 Å². The lowest BCUT2D eigenvalue weighted by Gasteiger charge is -2.19. The Morgan fingerprint density at radius 2 is 2.14 bits per heavy atom. The molecule has 0 fully saturated rings. The molecule has 2 unspecified atom stereocenters. The molecule has 0 aromatic rings. The number of hydrogen-bond acceptors (Lipinski definition) is 3. The Labute approximate surface area is 86.2 Å². The fraction of sp³-hybridized carbons (Fsp3) is 0.900. The lowest BCUT2D eigenvalue weighted by atomic mass is 10.0. The summed E-state index contributed by atoms with van der Waals surface area (Å²) in [6.45, 7) is 7.34. The summed E-state index contributed by atoms with van der Waals surface area (Å²) in [4.78, 5) is 11.3. The van der Waals surface area contributed by atoms with Crippen LogP contribution in [0.4, 0.5) is 0 Å². The van der Waals surface area contributed by atoms with E-state index in [1.807, 2.05) is 20.8 Å². The van der Waals surface area contributed by atoms with E-state index in [0.717, 1.165) is 6.42 Å². The number of nitrogens with one attached hydrogen (secondary N) is 1. The van der Waals surface area contributed by atoms with Gasteiger partial charge >= 0.3 is 0 Å². The average molecular weight is 202 g/mol. The highest BCUT2D eigenvalue weighted by molar-refractivity contribution is 5.77. The zero-order valence-corrected chi connectivity index (χ0v) is 9.38. The van der Waals surface area contributed by atoms with Gasteiger partial charge in [-0.1, -0.05) is 13.8 Å². The Bertz CT molecular complexity index is 162. The molecule has 2 atom stereocenters. The summed E-state index contributed by atoms with van der Waals surface area (Å²) in [7, 11) is 0. The Hall–Kier alpha value is -0.610. The van der Waals surface area contributed by atoms with Gasteiger partial charge in [0.15, 0.2) is 0 Å². The highest BCUT2D eigenvalue weighted by Gasteiger charge is 2.12. The Morgan fingerprint density at radius 3 is 2.64 bits per heavy atom. The molecule has 0 spiro atoms. The van der Waals surface area contributed by atoms with Crippen LogP contribution in [0.5, 0.6) is 0 Å². The highest BCUT2D eigenvalue weighted by atomic mass is 16.5. The van der Waals surface area contributed by atoms with E-state index in [-0.39, 0.29) is 18.6 Å². The molecule has 84 valence electrons. The maximum absolute atomic E-state index is 11.3. The summed E-state index contributed by atoms with van der Waals surface area (Å²) in [5.74, 6) is 0.233. The van der Waals surface area contributed by atoms with Gasteiger partial charge in [-0.25, -0.2) is 0 Å². The van der Waals surface area contributed by atoms with Crippen LogP contribution < -0.4 is 11.1 Å². The summed E-state index contributed by atoms with van der Waals surface area (Å²) in [5.41, 5.74) is 5.49. The monoisotopic (exact) mass is 202 g/mol. The number of carbonyl (C=O) groups is 1. The minimum absolute atomic E-state index is 0.0637. The molecule has 0 aliphatic carbocycles. The first-order valence-corrected chi connectivity index (χ1v) is 5.19. The van der Waals surface area contributed by atoms with Crippen molar-refractivity contribution in [2.24, 2.45) is 11.7 Å². The molecule has 0 aliphatic heterocycles. The Morgan fingerprint density at radius 1 is 1.50 bits per heavy atom. The van der Waals surface area contributed by atoms with Gasteiger partial charge in [-0.05, 0) is 25.8 Å². The second kappa shape index (κ2) is 7.76. The van der Waals surface area contributed by atoms with E-state index in [4.69, 9.17) is 10.5 Å². The van der Waals surface area contributed by atoms with Crippen LogP contribution in [0.3, 0.4) is 0 Å². The van der Waals surface area contributed by atoms with Crippen LogP contribution >= 0.6 is 0 Å². The number of carbonyl (C=O) groups excluding carboxylic acids is 1. The maximum Gasteiger partial charge on any atom is 0.246 e. The second-order valence-corrected chi connectivity index (χ2v) is 3.62. The zero-order valence-electron chi connectivity index (χ0n) is 9.38. The summed E-state index contributed by atoms with van der Waals surface area (Å²) in [6, 6.07) is 0.109. The van der Waals surface area contributed by atoms with E-state index in [0.29, 0.717) is 19.1 Å². The third-order valence-corrected chi connectivity index (χ3v) is 2.20. The van der Waals surface area contributed by atoms with E-state index >= 15 is 0 Å². The van der Waals surface area contributed by atoms with E-state index in [1.54, 1.807) is 0 Å². The number of ether oxygens (including phenoxy) is 1. The first-order chi connectivity index (χ1) is 6.61. The molecule has 3 N–H and O–H groups in total. The normalized spacial score (nSPS) is 14.9. The van der Waals surface area contributed by atoms with Crippen LogP contribution in [0.25, 0.3) is 0 Å². The molecule has 0 aromatic heterocycles. The molecule has 0 radical (unpaired) electrons. The number of nitrogens with two attached hydrogens (primary N) is 1. The van der Waals surface area contributed by atoms with Crippen molar-refractivity contribution in [3.8, 4) is 0 Å². The molecule has 0 aromatic carbocycles. The highest BCUT2D eigenvalue weighted by Crippen LogP contribution is 1.98. The first-order valence-electron chi connectivity index (χ1n) is 5.19. The first kappa shape index (κ1) is 13.4. The van der Waals surface area contributed by atoms with Crippen molar-refractivity contribution in [2.45, 2.75) is 33.2 Å². The van der Waals surface area contributed by atoms with Gasteiger partial charge in [-0.2, -0.15) is 0 Å². The van der Waals surface area contributed by atoms with Crippen LogP contribution in [0.15, 0.2) is 0 Å². The van der Waals surface area contributed by atoms with E-state index in [1.165, 1.54) is 0 Å². The van der Waals surface area contributed by atoms with Crippen molar-refractivity contribution in [3.05, 3.63) is 0 Å². The molecule has 4 heteroatoms. The van der Waals surface area contributed by atoms with Gasteiger partial charge in [0, 0.05) is 12.6 Å². The lowest BCUT2D eigenvalue weighted by Crippen LogP contribution is -2.41. The number of rotatable bonds is 7. The fourth-order valence-electron chi connectivity index (χ4n) is 0.951. The third-order valence-electron chi connectivity index (χ3n) is 2.20. The standard InChI is InChI=1S/C10H22N2O2/c1-4-5-14-7-10(13)12-9(3)8(2)6-11/h8-9H,4-7,11H2,1-3H3,(H,12,13). The third kappa shape index (κ3) is 5.94. The average Bonchev–Trinajstić information content (AvgIpc) is 2.16. The molecule has 0 heterocycles. The largest absolute Gasteiger partial charge is 0.372 e. The Balaban J connectivity index is 3.60. The molecule has 0 rings (SSSR count). The zero-order chi connectivity index (χ0) is 11.0. The van der Waals surface area contributed by atoms with Crippen molar-refractivity contribution in [2.75, 3.05) is 19.8 Å². The van der Waals surface area contributed by atoms with Crippen molar-refractivity contribution in [1.29, 1.82) is 0 Å². The molecular weight excluding hydrogens is 180 g/mol. The van der Waals surface area contributed by atoms with Gasteiger partial charge in [0.05, 0.1) is 0 Å². The molecule has 4 nitrogen and oxygen atoms in total. The smallest absolute Gasteiger partial charge is 0.246 e. The predicted molar refractivity (Wildman–Crippen MR) is 56.9 cm³/mol. The molecule has 1 amide bonds. The maximum atomic E-state index is 11.3. The van der Waals surface area contributed by atoms with Gasteiger partial charge in [0.2, 0.25) is 5.91 Å². The molecule has 0 saturated carbocycles. The van der Waals surface area contributed by atoms with Crippen molar-refractivity contribution in [3.63, 3.8) is 0 Å². The minimum atomic E-state index is -0.0637. The van der Waals surface area contributed by atoms with Crippen LogP contribution in [0.2, 0.25) is 0 Å². The van der Waals surface area contributed by atoms with Crippen LogP contribution in [0.1, 0.15) is 27.2 Å². The summed E-state index contributed by atoms with van der Waals surface area (Å²) in [6.07, 6.45) is 0.933. The van der Waals surface area contributed by atoms with Crippen LogP contribution in [-0.4, -0.2) is 31.7 Å². The van der Waals surface area contributed by atoms with E-state index < -0.39 is 0 Å². The molecular formula is C10H22N2O2. The summed E-state index contributed by atoms with van der Waals surface area (Å²) >= 11 is 0. The SMILES string of the molecule is CCCOCC(=O)NC(C)C(C)CN. The van der Waals surface area contributed by atoms with Crippen LogP contribution in [0, 0.1) is 5.92 Å². The van der Waals surface area contributed by atoms with E-state index in [9.17, 15) is 4.79 Å². The van der Waals surface area contributed by atoms with Crippen molar-refractivity contribution < 1.29 is 9.53 Å². The number of hydrogen-bond donors (Lipinski definition) is 2. The van der Waals surface area contributed by atoms with Gasteiger partial charge in [0.25, 0.3) is 0 Å². The second-order valence-electron chi connectivity index (χ2n) is 3.62. The minimum Gasteiger partial charge on any atom is -0.372 e. The quantitative estimate of drug-likeness (QED) is 0.591.